The molecule has 1 aliphatic rings. The van der Waals surface area contributed by atoms with Gasteiger partial charge in [0.25, 0.3) is 17.7 Å². The standard InChI is InChI=1S/C24H19N5O7/c1-35-17-5-2-4-16(12-17)29-23(33)18(21(31)27-24(29)34)13-25-28-20(30)14-7-9-15(10-8-14)26-22(32)19-6-3-11-36-19/h2-13,18H,1H3,(H,26,32)(H,28,30)(H,27,31,34)/b25-13-/t18-/m1/s1. The van der Waals surface area contributed by atoms with E-state index in [1.807, 2.05) is 0 Å². The fourth-order valence-corrected chi connectivity index (χ4v) is 3.26. The first-order valence-corrected chi connectivity index (χ1v) is 10.5. The fourth-order valence-electron chi connectivity index (χ4n) is 3.26. The zero-order chi connectivity index (χ0) is 25.7. The van der Waals surface area contributed by atoms with E-state index in [4.69, 9.17) is 9.15 Å². The van der Waals surface area contributed by atoms with Crippen LogP contribution in [0.2, 0.25) is 0 Å². The van der Waals surface area contributed by atoms with Crippen molar-refractivity contribution >= 4 is 47.2 Å². The second-order valence-electron chi connectivity index (χ2n) is 7.38. The van der Waals surface area contributed by atoms with Gasteiger partial charge in [0, 0.05) is 23.5 Å². The molecule has 0 radical (unpaired) electrons. The van der Waals surface area contributed by atoms with Crippen molar-refractivity contribution in [2.45, 2.75) is 0 Å². The number of urea groups is 1. The molecule has 1 fully saturated rings. The lowest BCUT2D eigenvalue weighted by Crippen LogP contribution is -2.58. The average Bonchev–Trinajstić information content (AvgIpc) is 3.42. The Balaban J connectivity index is 1.39. The van der Waals surface area contributed by atoms with Crippen molar-refractivity contribution in [2.24, 2.45) is 11.0 Å². The lowest BCUT2D eigenvalue weighted by molar-refractivity contribution is -0.131. The van der Waals surface area contributed by atoms with Crippen LogP contribution in [0, 0.1) is 5.92 Å². The molecule has 0 spiro atoms. The average molecular weight is 489 g/mol. The van der Waals surface area contributed by atoms with Crippen molar-refractivity contribution in [1.82, 2.24) is 10.7 Å². The first-order valence-electron chi connectivity index (χ1n) is 10.5. The number of rotatable bonds is 7. The maximum atomic E-state index is 12.9. The topological polar surface area (TPSA) is 159 Å². The molecule has 4 rings (SSSR count). The summed E-state index contributed by atoms with van der Waals surface area (Å²) < 4.78 is 10.1. The number of hydrogen-bond donors (Lipinski definition) is 3. The highest BCUT2D eigenvalue weighted by atomic mass is 16.5. The molecule has 1 aromatic heterocycles. The third-order valence-electron chi connectivity index (χ3n) is 5.05. The Morgan fingerprint density at radius 1 is 1.06 bits per heavy atom. The minimum absolute atomic E-state index is 0.138. The number of amides is 6. The molecule has 0 bridgehead atoms. The molecule has 2 aromatic carbocycles. The van der Waals surface area contributed by atoms with E-state index in [1.54, 1.807) is 18.2 Å². The Morgan fingerprint density at radius 2 is 1.83 bits per heavy atom. The largest absolute Gasteiger partial charge is 0.497 e. The van der Waals surface area contributed by atoms with Crippen LogP contribution in [0.15, 0.2) is 76.4 Å². The van der Waals surface area contributed by atoms with E-state index >= 15 is 0 Å². The molecule has 1 saturated heterocycles. The van der Waals surface area contributed by atoms with E-state index < -0.39 is 35.6 Å². The lowest BCUT2D eigenvalue weighted by Gasteiger charge is -2.28. The highest BCUT2D eigenvalue weighted by Crippen LogP contribution is 2.24. The Kier molecular flexibility index (Phi) is 6.86. The summed E-state index contributed by atoms with van der Waals surface area (Å²) in [5, 5.41) is 8.42. The number of nitrogens with one attached hydrogen (secondary N) is 3. The van der Waals surface area contributed by atoms with Gasteiger partial charge in [0.1, 0.15) is 5.75 Å². The summed E-state index contributed by atoms with van der Waals surface area (Å²) in [4.78, 5) is 62.5. The first-order chi connectivity index (χ1) is 17.4. The van der Waals surface area contributed by atoms with Gasteiger partial charge in [-0.2, -0.15) is 5.10 Å². The number of hydrazone groups is 1. The van der Waals surface area contributed by atoms with Crippen LogP contribution in [0.3, 0.4) is 0 Å². The van der Waals surface area contributed by atoms with Gasteiger partial charge in [0.05, 0.1) is 19.1 Å². The number of imide groups is 2. The smallest absolute Gasteiger partial charge is 0.335 e. The highest BCUT2D eigenvalue weighted by Gasteiger charge is 2.40. The van der Waals surface area contributed by atoms with Gasteiger partial charge in [-0.15, -0.1) is 0 Å². The van der Waals surface area contributed by atoms with E-state index in [0.717, 1.165) is 11.1 Å². The van der Waals surface area contributed by atoms with Crippen LogP contribution >= 0.6 is 0 Å². The Hall–Kier alpha value is -5.26. The number of ether oxygens (including phenoxy) is 1. The number of furan rings is 1. The third-order valence-corrected chi connectivity index (χ3v) is 5.05. The SMILES string of the molecule is COc1cccc(N2C(=O)NC(=O)[C@@H](/C=N\NC(=O)c3ccc(NC(=O)c4ccco4)cc3)C2=O)c1. The van der Waals surface area contributed by atoms with Crippen LogP contribution in [0.5, 0.6) is 5.75 Å². The Labute approximate surface area is 203 Å². The van der Waals surface area contributed by atoms with Gasteiger partial charge in [-0.05, 0) is 48.5 Å². The zero-order valence-corrected chi connectivity index (χ0v) is 18.8. The van der Waals surface area contributed by atoms with E-state index in [9.17, 15) is 24.0 Å². The number of benzene rings is 2. The first kappa shape index (κ1) is 23.9. The van der Waals surface area contributed by atoms with Gasteiger partial charge in [-0.1, -0.05) is 6.07 Å². The van der Waals surface area contributed by atoms with Crippen molar-refractivity contribution in [3.63, 3.8) is 0 Å². The summed E-state index contributed by atoms with van der Waals surface area (Å²) >= 11 is 0. The van der Waals surface area contributed by atoms with Gasteiger partial charge in [-0.25, -0.2) is 15.1 Å². The van der Waals surface area contributed by atoms with Crippen LogP contribution in [-0.4, -0.2) is 43.0 Å². The van der Waals surface area contributed by atoms with E-state index in [0.29, 0.717) is 11.4 Å². The molecule has 12 nitrogen and oxygen atoms in total. The van der Waals surface area contributed by atoms with Gasteiger partial charge < -0.3 is 14.5 Å². The predicted molar refractivity (Wildman–Crippen MR) is 127 cm³/mol. The zero-order valence-electron chi connectivity index (χ0n) is 18.8. The summed E-state index contributed by atoms with van der Waals surface area (Å²) in [6.45, 7) is 0. The van der Waals surface area contributed by atoms with Crippen molar-refractivity contribution in [3.8, 4) is 5.75 Å². The second-order valence-corrected chi connectivity index (χ2v) is 7.38. The van der Waals surface area contributed by atoms with Gasteiger partial charge in [0.2, 0.25) is 5.91 Å². The maximum absolute atomic E-state index is 12.9. The van der Waals surface area contributed by atoms with Crippen LogP contribution in [0.1, 0.15) is 20.9 Å². The molecule has 1 aliphatic heterocycles. The summed E-state index contributed by atoms with van der Waals surface area (Å²) in [6, 6.07) is 14.3. The predicted octanol–water partition coefficient (Wildman–Crippen LogP) is 2.16. The van der Waals surface area contributed by atoms with Crippen molar-refractivity contribution in [3.05, 3.63) is 78.3 Å². The van der Waals surface area contributed by atoms with E-state index in [2.05, 4.69) is 21.2 Å². The van der Waals surface area contributed by atoms with Crippen molar-refractivity contribution in [1.29, 1.82) is 0 Å². The summed E-state index contributed by atoms with van der Waals surface area (Å²) in [5.74, 6) is -3.69. The fraction of sp³-hybridized carbons (Fsp3) is 0.0833. The van der Waals surface area contributed by atoms with Crippen LogP contribution in [0.25, 0.3) is 0 Å². The highest BCUT2D eigenvalue weighted by molar-refractivity contribution is 6.32. The Bertz CT molecular complexity index is 1350. The van der Waals surface area contributed by atoms with Crippen LogP contribution in [-0.2, 0) is 9.59 Å². The van der Waals surface area contributed by atoms with Crippen molar-refractivity contribution < 1.29 is 33.1 Å². The summed E-state index contributed by atoms with van der Waals surface area (Å²) in [7, 11) is 1.43. The number of anilines is 2. The molecule has 1 atom stereocenters. The quantitative estimate of drug-likeness (QED) is 0.260. The molecule has 0 saturated carbocycles. The number of barbiturate groups is 1. The molecular weight excluding hydrogens is 470 g/mol. The number of nitrogens with zero attached hydrogens (tertiary/aromatic N) is 2. The summed E-state index contributed by atoms with van der Waals surface area (Å²) in [6.07, 6.45) is 2.31. The van der Waals surface area contributed by atoms with Gasteiger partial charge >= 0.3 is 6.03 Å². The number of carbonyl (C=O) groups excluding carboxylic acids is 5. The number of methoxy groups -OCH3 is 1. The minimum atomic E-state index is -1.45. The number of carbonyl (C=O) groups is 5. The molecule has 36 heavy (non-hydrogen) atoms. The second kappa shape index (κ2) is 10.3. The molecular formula is C24H19N5O7. The minimum Gasteiger partial charge on any atom is -0.497 e. The van der Waals surface area contributed by atoms with Gasteiger partial charge in [-0.3, -0.25) is 24.5 Å². The van der Waals surface area contributed by atoms with E-state index in [-0.39, 0.29) is 17.0 Å². The molecule has 3 aromatic rings. The van der Waals surface area contributed by atoms with Gasteiger partial charge in [0.15, 0.2) is 11.7 Å². The molecule has 182 valence electrons. The van der Waals surface area contributed by atoms with Crippen LogP contribution < -0.4 is 25.7 Å². The van der Waals surface area contributed by atoms with Crippen LogP contribution in [0.4, 0.5) is 16.2 Å². The molecule has 12 heteroatoms. The molecule has 6 amide bonds. The molecule has 3 N–H and O–H groups in total. The van der Waals surface area contributed by atoms with Crippen molar-refractivity contribution in [2.75, 3.05) is 17.3 Å². The van der Waals surface area contributed by atoms with E-state index in [1.165, 1.54) is 55.8 Å². The molecule has 0 aliphatic carbocycles. The third kappa shape index (κ3) is 5.12. The monoisotopic (exact) mass is 489 g/mol. The maximum Gasteiger partial charge on any atom is 0.335 e. The summed E-state index contributed by atoms with van der Waals surface area (Å²) in [5.41, 5.74) is 3.06. The lowest BCUT2D eigenvalue weighted by atomic mass is 10.1. The molecule has 2 heterocycles. The number of hydrogen-bond acceptors (Lipinski definition) is 8. The normalized spacial score (nSPS) is 15.5. The molecule has 0 unspecified atom stereocenters. The Morgan fingerprint density at radius 3 is 2.53 bits per heavy atom.